The summed E-state index contributed by atoms with van der Waals surface area (Å²) >= 11 is 1.21. The zero-order valence-electron chi connectivity index (χ0n) is 17.8. The zero-order chi connectivity index (χ0) is 21.7. The maximum atomic E-state index is 13.3. The van der Waals surface area contributed by atoms with Crippen LogP contribution in [0.25, 0.3) is 0 Å². The van der Waals surface area contributed by atoms with Crippen LogP contribution in [0.15, 0.2) is 21.7 Å². The molecule has 2 aliphatic heterocycles. The standard InChI is InChI=1S/C20H30N4O4S2/c1-15-11-19(2,3)13-20(12-15)17(25)24(18(26)21-20)14-22-6-8-23(9-7-22)30(27,28)16-5-4-10-29-16/h4-5,10,15H,6-9,11-14H2,1-3H3,(H,21,26)/t15-,20-/m1/s1. The summed E-state index contributed by atoms with van der Waals surface area (Å²) in [5.74, 6) is 0.227. The number of urea groups is 1. The first-order chi connectivity index (χ1) is 14.0. The van der Waals surface area contributed by atoms with Crippen molar-refractivity contribution < 1.29 is 18.0 Å². The monoisotopic (exact) mass is 454 g/mol. The van der Waals surface area contributed by atoms with Crippen LogP contribution in [-0.2, 0) is 14.8 Å². The summed E-state index contributed by atoms with van der Waals surface area (Å²) in [5.41, 5.74) is -0.805. The van der Waals surface area contributed by atoms with Gasteiger partial charge in [-0.05, 0) is 42.0 Å². The molecule has 1 aromatic rings. The average Bonchev–Trinajstić information content (AvgIpc) is 3.25. The zero-order valence-corrected chi connectivity index (χ0v) is 19.4. The molecule has 0 bridgehead atoms. The van der Waals surface area contributed by atoms with Crippen molar-refractivity contribution in [1.82, 2.24) is 19.4 Å². The smallest absolute Gasteiger partial charge is 0.323 e. The van der Waals surface area contributed by atoms with Gasteiger partial charge in [-0.3, -0.25) is 9.69 Å². The predicted octanol–water partition coefficient (Wildman–Crippen LogP) is 2.15. The van der Waals surface area contributed by atoms with Crippen molar-refractivity contribution in [3.05, 3.63) is 17.5 Å². The lowest BCUT2D eigenvalue weighted by molar-refractivity contribution is -0.136. The molecule has 1 aliphatic carbocycles. The highest BCUT2D eigenvalue weighted by atomic mass is 32.2. The van der Waals surface area contributed by atoms with E-state index in [-0.39, 0.29) is 24.0 Å². The third-order valence-electron chi connectivity index (χ3n) is 6.39. The molecule has 4 rings (SSSR count). The van der Waals surface area contributed by atoms with Gasteiger partial charge in [-0.2, -0.15) is 4.31 Å². The van der Waals surface area contributed by atoms with E-state index >= 15 is 0 Å². The highest BCUT2D eigenvalue weighted by molar-refractivity contribution is 7.91. The SMILES string of the molecule is C[C@@H]1CC(C)(C)C[C@@]2(C1)NC(=O)N(CN1CCN(S(=O)(=O)c3cccs3)CC1)C2=O. The van der Waals surface area contributed by atoms with Crippen LogP contribution in [0.2, 0.25) is 0 Å². The van der Waals surface area contributed by atoms with Crippen molar-refractivity contribution in [1.29, 1.82) is 0 Å². The number of piperazine rings is 1. The number of nitrogens with zero attached hydrogens (tertiary/aromatic N) is 3. The van der Waals surface area contributed by atoms with E-state index in [2.05, 4.69) is 26.1 Å². The Kier molecular flexibility index (Phi) is 5.49. The molecule has 3 fully saturated rings. The number of hydrogen-bond donors (Lipinski definition) is 1. The van der Waals surface area contributed by atoms with Crippen LogP contribution in [0.5, 0.6) is 0 Å². The molecule has 1 aromatic heterocycles. The molecule has 30 heavy (non-hydrogen) atoms. The van der Waals surface area contributed by atoms with Crippen LogP contribution >= 0.6 is 11.3 Å². The largest absolute Gasteiger partial charge is 0.326 e. The molecular weight excluding hydrogens is 424 g/mol. The average molecular weight is 455 g/mol. The predicted molar refractivity (Wildman–Crippen MR) is 114 cm³/mol. The van der Waals surface area contributed by atoms with Crippen LogP contribution < -0.4 is 5.32 Å². The minimum atomic E-state index is -3.47. The van der Waals surface area contributed by atoms with Gasteiger partial charge >= 0.3 is 6.03 Å². The fraction of sp³-hybridized carbons (Fsp3) is 0.700. The Hall–Kier alpha value is -1.49. The lowest BCUT2D eigenvalue weighted by Crippen LogP contribution is -2.55. The molecule has 3 aliphatic rings. The summed E-state index contributed by atoms with van der Waals surface area (Å²) in [7, 11) is -3.47. The Bertz CT molecular complexity index is 923. The van der Waals surface area contributed by atoms with E-state index in [0.717, 1.165) is 6.42 Å². The Morgan fingerprint density at radius 1 is 1.17 bits per heavy atom. The summed E-state index contributed by atoms with van der Waals surface area (Å²) < 4.78 is 27.2. The molecule has 166 valence electrons. The number of rotatable bonds is 4. The third-order valence-corrected chi connectivity index (χ3v) is 9.66. The lowest BCUT2D eigenvalue weighted by atomic mass is 9.64. The Labute approximate surface area is 182 Å². The number of hydrogen-bond acceptors (Lipinski definition) is 6. The first-order valence-corrected chi connectivity index (χ1v) is 12.7. The maximum Gasteiger partial charge on any atom is 0.326 e. The van der Waals surface area contributed by atoms with E-state index in [9.17, 15) is 18.0 Å². The van der Waals surface area contributed by atoms with Gasteiger partial charge in [0.25, 0.3) is 15.9 Å². The molecule has 10 heteroatoms. The molecule has 8 nitrogen and oxygen atoms in total. The molecule has 2 atom stereocenters. The molecule has 3 heterocycles. The fourth-order valence-corrected chi connectivity index (χ4v) is 8.05. The Balaban J connectivity index is 1.40. The van der Waals surface area contributed by atoms with Crippen LogP contribution in [-0.4, -0.2) is 72.8 Å². The number of imide groups is 1. The summed E-state index contributed by atoms with van der Waals surface area (Å²) in [4.78, 5) is 29.3. The highest BCUT2D eigenvalue weighted by Crippen LogP contribution is 2.46. The molecule has 2 saturated heterocycles. The second kappa shape index (κ2) is 7.58. The van der Waals surface area contributed by atoms with E-state index in [4.69, 9.17) is 0 Å². The van der Waals surface area contributed by atoms with E-state index in [0.29, 0.717) is 49.1 Å². The molecule has 0 aromatic carbocycles. The molecule has 0 unspecified atom stereocenters. The maximum absolute atomic E-state index is 13.3. The van der Waals surface area contributed by atoms with Crippen molar-refractivity contribution in [3.63, 3.8) is 0 Å². The summed E-state index contributed by atoms with van der Waals surface area (Å²) in [6.45, 7) is 8.30. The van der Waals surface area contributed by atoms with Gasteiger partial charge in [0.15, 0.2) is 0 Å². The Morgan fingerprint density at radius 3 is 2.47 bits per heavy atom. The number of sulfonamides is 1. The van der Waals surface area contributed by atoms with E-state index in [1.54, 1.807) is 17.5 Å². The lowest BCUT2D eigenvalue weighted by Gasteiger charge is -2.44. The van der Waals surface area contributed by atoms with Crippen molar-refractivity contribution >= 4 is 33.3 Å². The quantitative estimate of drug-likeness (QED) is 0.704. The van der Waals surface area contributed by atoms with Gasteiger partial charge in [-0.1, -0.05) is 26.8 Å². The van der Waals surface area contributed by atoms with Gasteiger partial charge < -0.3 is 5.32 Å². The minimum Gasteiger partial charge on any atom is -0.323 e. The molecule has 0 radical (unpaired) electrons. The molecule has 3 amide bonds. The normalized spacial score (nSPS) is 30.8. The van der Waals surface area contributed by atoms with Gasteiger partial charge in [0.1, 0.15) is 9.75 Å². The van der Waals surface area contributed by atoms with Gasteiger partial charge in [0.05, 0.1) is 6.67 Å². The van der Waals surface area contributed by atoms with Crippen molar-refractivity contribution in [2.75, 3.05) is 32.8 Å². The third kappa shape index (κ3) is 3.90. The van der Waals surface area contributed by atoms with Crippen molar-refractivity contribution in [3.8, 4) is 0 Å². The van der Waals surface area contributed by atoms with Crippen LogP contribution in [0, 0.1) is 11.3 Å². The van der Waals surface area contributed by atoms with E-state index in [1.807, 2.05) is 4.90 Å². The van der Waals surface area contributed by atoms with Crippen molar-refractivity contribution in [2.24, 2.45) is 11.3 Å². The van der Waals surface area contributed by atoms with E-state index in [1.165, 1.54) is 20.5 Å². The van der Waals surface area contributed by atoms with Crippen molar-refractivity contribution in [2.45, 2.75) is 49.8 Å². The second-order valence-electron chi connectivity index (χ2n) is 9.70. The summed E-state index contributed by atoms with van der Waals surface area (Å²) in [6, 6.07) is 3.01. The molecule has 1 N–H and O–H groups in total. The summed E-state index contributed by atoms with van der Waals surface area (Å²) in [6.07, 6.45) is 2.36. The molecule has 1 saturated carbocycles. The first-order valence-electron chi connectivity index (χ1n) is 10.4. The van der Waals surface area contributed by atoms with E-state index < -0.39 is 15.6 Å². The second-order valence-corrected chi connectivity index (χ2v) is 12.8. The topological polar surface area (TPSA) is 90.0 Å². The minimum absolute atomic E-state index is 0.00159. The van der Waals surface area contributed by atoms with Crippen LogP contribution in [0.4, 0.5) is 4.79 Å². The van der Waals surface area contributed by atoms with Gasteiger partial charge in [-0.25, -0.2) is 18.1 Å². The molecular formula is C20H30N4O4S2. The van der Waals surface area contributed by atoms with Gasteiger partial charge in [-0.15, -0.1) is 11.3 Å². The Morgan fingerprint density at radius 2 is 1.87 bits per heavy atom. The number of carbonyl (C=O) groups is 2. The highest BCUT2D eigenvalue weighted by Gasteiger charge is 2.56. The number of nitrogens with one attached hydrogen (secondary N) is 1. The number of thiophene rings is 1. The summed E-state index contributed by atoms with van der Waals surface area (Å²) in [5, 5.41) is 4.76. The fourth-order valence-electron chi connectivity index (χ4n) is 5.48. The van der Waals surface area contributed by atoms with Crippen LogP contribution in [0.1, 0.15) is 40.0 Å². The molecule has 1 spiro atoms. The van der Waals surface area contributed by atoms with Gasteiger partial charge in [0, 0.05) is 26.2 Å². The van der Waals surface area contributed by atoms with Crippen LogP contribution in [0.3, 0.4) is 0 Å². The first kappa shape index (κ1) is 21.7. The van der Waals surface area contributed by atoms with Gasteiger partial charge in [0.2, 0.25) is 0 Å². The number of amides is 3. The number of carbonyl (C=O) groups excluding carboxylic acids is 2.